The van der Waals surface area contributed by atoms with E-state index in [4.69, 9.17) is 0 Å². The molecule has 0 fully saturated rings. The Hall–Kier alpha value is -2.28. The Morgan fingerprint density at radius 2 is 2.21 bits per heavy atom. The molecule has 1 aromatic heterocycles. The third-order valence-corrected chi connectivity index (χ3v) is 5.06. The molecule has 3 rings (SSSR count). The number of anilines is 1. The Labute approximate surface area is 145 Å². The van der Waals surface area contributed by atoms with Gasteiger partial charge in [0.05, 0.1) is 5.69 Å². The summed E-state index contributed by atoms with van der Waals surface area (Å²) in [6.45, 7) is 2.47. The van der Waals surface area contributed by atoms with Crippen LogP contribution in [0.15, 0.2) is 24.3 Å². The highest BCUT2D eigenvalue weighted by Crippen LogP contribution is 2.34. The third-order valence-electron chi connectivity index (χ3n) is 4.29. The lowest BCUT2D eigenvalue weighted by atomic mass is 9.89. The van der Waals surface area contributed by atoms with Gasteiger partial charge in [-0.15, -0.1) is 5.10 Å². The molecule has 2 amide bonds. The summed E-state index contributed by atoms with van der Waals surface area (Å²) in [6.07, 6.45) is 2.06. The quantitative estimate of drug-likeness (QED) is 0.903. The number of aromatic nitrogens is 2. The van der Waals surface area contributed by atoms with Gasteiger partial charge in [-0.1, -0.05) is 36.0 Å². The summed E-state index contributed by atoms with van der Waals surface area (Å²) in [5, 5.41) is 6.98. The zero-order valence-electron chi connectivity index (χ0n) is 13.8. The molecule has 0 bridgehead atoms. The maximum absolute atomic E-state index is 12.4. The van der Waals surface area contributed by atoms with E-state index in [1.54, 1.807) is 11.9 Å². The minimum atomic E-state index is -0.155. The number of nitrogens with zero attached hydrogens (tertiary/aromatic N) is 3. The standard InChI is InChI=1S/C17H20N4O2S/c1-3-6-13-16(24-20-19-13)17(23)18-10-11-9-15(22)21(2)14-8-5-4-7-12(11)14/h4-5,7-8,11H,3,6,9-10H2,1-2H3,(H,18,23). The monoisotopic (exact) mass is 344 g/mol. The van der Waals surface area contributed by atoms with Crippen molar-refractivity contribution in [1.29, 1.82) is 0 Å². The van der Waals surface area contributed by atoms with Gasteiger partial charge in [-0.05, 0) is 29.6 Å². The molecule has 7 heteroatoms. The van der Waals surface area contributed by atoms with Crippen LogP contribution in [0.5, 0.6) is 0 Å². The number of hydrogen-bond donors (Lipinski definition) is 1. The second-order valence-electron chi connectivity index (χ2n) is 5.92. The van der Waals surface area contributed by atoms with E-state index in [0.29, 0.717) is 17.8 Å². The lowest BCUT2D eigenvalue weighted by Crippen LogP contribution is -2.37. The van der Waals surface area contributed by atoms with Crippen LogP contribution in [0.1, 0.15) is 46.6 Å². The molecule has 24 heavy (non-hydrogen) atoms. The lowest BCUT2D eigenvalue weighted by Gasteiger charge is -2.31. The predicted octanol–water partition coefficient (Wildman–Crippen LogP) is 2.37. The minimum absolute atomic E-state index is 0.00986. The van der Waals surface area contributed by atoms with Crippen LogP contribution in [0, 0.1) is 0 Å². The molecule has 0 saturated carbocycles. The summed E-state index contributed by atoms with van der Waals surface area (Å²) in [4.78, 5) is 26.9. The Bertz CT molecular complexity index is 759. The number of aryl methyl sites for hydroxylation is 1. The number of carbonyl (C=O) groups is 2. The SMILES string of the molecule is CCCc1nnsc1C(=O)NCC1CC(=O)N(C)c2ccccc21. The molecule has 1 atom stereocenters. The van der Waals surface area contributed by atoms with Gasteiger partial charge in [0.1, 0.15) is 4.88 Å². The van der Waals surface area contributed by atoms with Gasteiger partial charge in [-0.25, -0.2) is 0 Å². The zero-order valence-corrected chi connectivity index (χ0v) is 14.6. The van der Waals surface area contributed by atoms with E-state index in [2.05, 4.69) is 14.9 Å². The topological polar surface area (TPSA) is 75.2 Å². The van der Waals surface area contributed by atoms with Crippen LogP contribution in [0.4, 0.5) is 5.69 Å². The fraction of sp³-hybridized carbons (Fsp3) is 0.412. The molecule has 0 aliphatic carbocycles. The molecule has 1 aliphatic rings. The van der Waals surface area contributed by atoms with Crippen LogP contribution in [0.2, 0.25) is 0 Å². The Morgan fingerprint density at radius 1 is 1.42 bits per heavy atom. The molecule has 2 aromatic rings. The van der Waals surface area contributed by atoms with E-state index in [-0.39, 0.29) is 17.7 Å². The van der Waals surface area contributed by atoms with Crippen molar-refractivity contribution in [3.05, 3.63) is 40.4 Å². The summed E-state index contributed by atoms with van der Waals surface area (Å²) in [5.41, 5.74) is 2.76. The van der Waals surface area contributed by atoms with E-state index < -0.39 is 0 Å². The highest BCUT2D eigenvalue weighted by Gasteiger charge is 2.29. The normalized spacial score (nSPS) is 16.8. The van der Waals surface area contributed by atoms with Crippen molar-refractivity contribution in [3.8, 4) is 0 Å². The van der Waals surface area contributed by atoms with Crippen LogP contribution >= 0.6 is 11.5 Å². The van der Waals surface area contributed by atoms with Gasteiger partial charge in [0.25, 0.3) is 5.91 Å². The number of benzene rings is 1. The molecular weight excluding hydrogens is 324 g/mol. The van der Waals surface area contributed by atoms with Crippen molar-refractivity contribution in [3.63, 3.8) is 0 Å². The summed E-state index contributed by atoms with van der Waals surface area (Å²) < 4.78 is 3.88. The minimum Gasteiger partial charge on any atom is -0.351 e. The summed E-state index contributed by atoms with van der Waals surface area (Å²) in [5.74, 6) is -0.0965. The number of hydrogen-bond acceptors (Lipinski definition) is 5. The first-order chi connectivity index (χ1) is 11.6. The second kappa shape index (κ2) is 7.09. The Balaban J connectivity index is 1.73. The molecule has 0 radical (unpaired) electrons. The molecule has 1 N–H and O–H groups in total. The van der Waals surface area contributed by atoms with Gasteiger partial charge in [-0.3, -0.25) is 9.59 Å². The van der Waals surface area contributed by atoms with Crippen LogP contribution in [-0.2, 0) is 11.2 Å². The van der Waals surface area contributed by atoms with Crippen molar-refractivity contribution in [1.82, 2.24) is 14.9 Å². The van der Waals surface area contributed by atoms with E-state index in [1.165, 1.54) is 0 Å². The number of nitrogens with one attached hydrogen (secondary N) is 1. The number of rotatable bonds is 5. The molecule has 1 unspecified atom stereocenters. The van der Waals surface area contributed by atoms with Gasteiger partial charge in [0.15, 0.2) is 0 Å². The molecule has 6 nitrogen and oxygen atoms in total. The summed E-state index contributed by atoms with van der Waals surface area (Å²) >= 11 is 1.12. The number of fused-ring (bicyclic) bond motifs is 1. The molecule has 0 spiro atoms. The van der Waals surface area contributed by atoms with E-state index in [1.807, 2.05) is 31.2 Å². The highest BCUT2D eigenvalue weighted by atomic mass is 32.1. The van der Waals surface area contributed by atoms with Crippen LogP contribution in [-0.4, -0.2) is 35.0 Å². The van der Waals surface area contributed by atoms with E-state index in [9.17, 15) is 9.59 Å². The molecule has 126 valence electrons. The molecule has 1 aliphatic heterocycles. The van der Waals surface area contributed by atoms with Crippen molar-refractivity contribution in [2.24, 2.45) is 0 Å². The third kappa shape index (κ3) is 3.17. The number of amides is 2. The van der Waals surface area contributed by atoms with Crippen molar-refractivity contribution < 1.29 is 9.59 Å². The second-order valence-corrected chi connectivity index (χ2v) is 6.68. The van der Waals surface area contributed by atoms with Gasteiger partial charge in [-0.2, -0.15) is 0 Å². The van der Waals surface area contributed by atoms with Gasteiger partial charge >= 0.3 is 0 Å². The molecule has 0 saturated heterocycles. The van der Waals surface area contributed by atoms with E-state index in [0.717, 1.165) is 41.3 Å². The van der Waals surface area contributed by atoms with Gasteiger partial charge in [0.2, 0.25) is 5.91 Å². The highest BCUT2D eigenvalue weighted by molar-refractivity contribution is 7.08. The van der Waals surface area contributed by atoms with Crippen LogP contribution < -0.4 is 10.2 Å². The largest absolute Gasteiger partial charge is 0.351 e. The average Bonchev–Trinajstić information content (AvgIpc) is 3.05. The van der Waals surface area contributed by atoms with Crippen molar-refractivity contribution in [2.45, 2.75) is 32.1 Å². The van der Waals surface area contributed by atoms with Crippen molar-refractivity contribution in [2.75, 3.05) is 18.5 Å². The van der Waals surface area contributed by atoms with Crippen LogP contribution in [0.25, 0.3) is 0 Å². The smallest absolute Gasteiger partial charge is 0.264 e. The molecular formula is C17H20N4O2S. The van der Waals surface area contributed by atoms with Gasteiger partial charge in [0, 0.05) is 31.6 Å². The van der Waals surface area contributed by atoms with Crippen molar-refractivity contribution >= 4 is 29.0 Å². The maximum atomic E-state index is 12.4. The number of carbonyl (C=O) groups excluding carboxylic acids is 2. The summed E-state index contributed by atoms with van der Waals surface area (Å²) in [6, 6.07) is 7.84. The first-order valence-electron chi connectivity index (χ1n) is 8.06. The first kappa shape index (κ1) is 16.6. The van der Waals surface area contributed by atoms with Crippen LogP contribution in [0.3, 0.4) is 0 Å². The molecule has 2 heterocycles. The summed E-state index contributed by atoms with van der Waals surface area (Å²) in [7, 11) is 1.79. The first-order valence-corrected chi connectivity index (χ1v) is 8.84. The fourth-order valence-corrected chi connectivity index (χ4v) is 3.61. The predicted molar refractivity (Wildman–Crippen MR) is 93.4 cm³/mol. The van der Waals surface area contributed by atoms with E-state index >= 15 is 0 Å². The maximum Gasteiger partial charge on any atom is 0.264 e. The number of para-hydroxylation sites is 1. The molecule has 1 aromatic carbocycles. The van der Waals surface area contributed by atoms with Gasteiger partial charge < -0.3 is 10.2 Å². The zero-order chi connectivity index (χ0) is 17.1. The Kier molecular flexibility index (Phi) is 4.89. The Morgan fingerprint density at radius 3 is 3.00 bits per heavy atom. The average molecular weight is 344 g/mol. The fourth-order valence-electron chi connectivity index (χ4n) is 2.99. The lowest BCUT2D eigenvalue weighted by molar-refractivity contribution is -0.119.